The molecule has 0 aromatic heterocycles. The van der Waals surface area contributed by atoms with Crippen LogP contribution in [-0.2, 0) is 11.0 Å². The van der Waals surface area contributed by atoms with Gasteiger partial charge in [0.15, 0.2) is 0 Å². The molecule has 0 saturated heterocycles. The monoisotopic (exact) mass is 527 g/mol. The molecule has 2 N–H and O–H groups in total. The molecule has 8 heteroatoms. The largest absolute Gasteiger partial charge is 0.486 e. The number of amides is 1. The Hall–Kier alpha value is -3.81. The van der Waals surface area contributed by atoms with E-state index in [-0.39, 0.29) is 30.4 Å². The molecule has 0 spiro atoms. The van der Waals surface area contributed by atoms with E-state index in [0.29, 0.717) is 16.9 Å². The third-order valence-corrected chi connectivity index (χ3v) is 6.00. The summed E-state index contributed by atoms with van der Waals surface area (Å²) in [4.78, 5) is 22.9. The zero-order chi connectivity index (χ0) is 27.9. The van der Waals surface area contributed by atoms with Crippen LogP contribution in [0.15, 0.2) is 72.8 Å². The molecule has 0 heterocycles. The summed E-state index contributed by atoms with van der Waals surface area (Å²) in [7, 11) is 0. The fourth-order valence-electron chi connectivity index (χ4n) is 3.83. The minimum Gasteiger partial charge on any atom is -0.486 e. The lowest BCUT2D eigenvalue weighted by molar-refractivity contribution is -0.138. The number of halogens is 3. The van der Waals surface area contributed by atoms with Gasteiger partial charge in [0.1, 0.15) is 11.9 Å². The average molecular weight is 528 g/mol. The van der Waals surface area contributed by atoms with Crippen LogP contribution in [0, 0.1) is 5.41 Å². The normalized spacial score (nSPS) is 12.6. The summed E-state index contributed by atoms with van der Waals surface area (Å²) in [5.74, 6) is -0.703. The Kier molecular flexibility index (Phi) is 9.20. The summed E-state index contributed by atoms with van der Waals surface area (Å²) >= 11 is 0. The highest BCUT2D eigenvalue weighted by atomic mass is 19.4. The quantitative estimate of drug-likeness (QED) is 0.286. The van der Waals surface area contributed by atoms with Gasteiger partial charge < -0.3 is 15.2 Å². The van der Waals surface area contributed by atoms with Crippen molar-refractivity contribution in [3.63, 3.8) is 0 Å². The third kappa shape index (κ3) is 8.64. The van der Waals surface area contributed by atoms with Crippen LogP contribution in [0.5, 0.6) is 5.75 Å². The van der Waals surface area contributed by atoms with Gasteiger partial charge in [0.05, 0.1) is 12.0 Å². The summed E-state index contributed by atoms with van der Waals surface area (Å²) < 4.78 is 44.9. The zero-order valence-electron chi connectivity index (χ0n) is 21.6. The SMILES string of the molecule is CC(C)(C)CCC(Oc1ccc(-c2ccc(C(F)(F)F)cc2)cc1)c1ccc(C(=O)NCCC(=O)O)cc1. The van der Waals surface area contributed by atoms with Crippen molar-refractivity contribution in [2.45, 2.75) is 52.3 Å². The van der Waals surface area contributed by atoms with Gasteiger partial charge in [0, 0.05) is 12.1 Å². The zero-order valence-corrected chi connectivity index (χ0v) is 21.6. The van der Waals surface area contributed by atoms with Crippen LogP contribution in [0.1, 0.15) is 67.6 Å². The number of hydrogen-bond acceptors (Lipinski definition) is 3. The number of carbonyl (C=O) groups excluding carboxylic acids is 1. The average Bonchev–Trinajstić information content (AvgIpc) is 2.86. The van der Waals surface area contributed by atoms with Crippen LogP contribution in [0.4, 0.5) is 13.2 Å². The Labute approximate surface area is 220 Å². The van der Waals surface area contributed by atoms with E-state index in [9.17, 15) is 22.8 Å². The van der Waals surface area contributed by atoms with Gasteiger partial charge in [0.2, 0.25) is 0 Å². The second-order valence-electron chi connectivity index (χ2n) is 10.3. The minimum absolute atomic E-state index is 0.0513. The summed E-state index contributed by atoms with van der Waals surface area (Å²) in [6.45, 7) is 6.49. The maximum atomic E-state index is 12.9. The molecule has 0 fully saturated rings. The summed E-state index contributed by atoms with van der Waals surface area (Å²) in [5, 5.41) is 11.3. The maximum Gasteiger partial charge on any atom is 0.416 e. The number of carboxylic acid groups (broad SMARTS) is 1. The Morgan fingerprint density at radius 2 is 1.42 bits per heavy atom. The van der Waals surface area contributed by atoms with E-state index in [2.05, 4.69) is 26.1 Å². The Balaban J connectivity index is 1.73. The highest BCUT2D eigenvalue weighted by molar-refractivity contribution is 5.94. The summed E-state index contributed by atoms with van der Waals surface area (Å²) in [5.41, 5.74) is 2.16. The molecule has 202 valence electrons. The molecule has 3 rings (SSSR count). The molecule has 3 aromatic carbocycles. The van der Waals surface area contributed by atoms with Gasteiger partial charge in [-0.2, -0.15) is 13.2 Å². The highest BCUT2D eigenvalue weighted by Crippen LogP contribution is 2.34. The Bertz CT molecular complexity index is 1210. The molecule has 1 amide bonds. The number of aliphatic carboxylic acids is 1. The van der Waals surface area contributed by atoms with Crippen molar-refractivity contribution >= 4 is 11.9 Å². The van der Waals surface area contributed by atoms with Crippen LogP contribution in [0.25, 0.3) is 11.1 Å². The molecular weight excluding hydrogens is 495 g/mol. The fourth-order valence-corrected chi connectivity index (χ4v) is 3.83. The van der Waals surface area contributed by atoms with Crippen LogP contribution in [0.2, 0.25) is 0 Å². The van der Waals surface area contributed by atoms with E-state index in [1.165, 1.54) is 12.1 Å². The number of hydrogen-bond donors (Lipinski definition) is 2. The van der Waals surface area contributed by atoms with Gasteiger partial charge in [0.25, 0.3) is 5.91 Å². The van der Waals surface area contributed by atoms with E-state index < -0.39 is 17.7 Å². The van der Waals surface area contributed by atoms with Crippen molar-refractivity contribution in [3.05, 3.63) is 89.5 Å². The topological polar surface area (TPSA) is 75.6 Å². The first-order valence-corrected chi connectivity index (χ1v) is 12.4. The predicted octanol–water partition coefficient (Wildman–Crippen LogP) is 7.52. The van der Waals surface area contributed by atoms with Crippen LogP contribution in [-0.4, -0.2) is 23.5 Å². The van der Waals surface area contributed by atoms with Crippen molar-refractivity contribution in [2.24, 2.45) is 5.41 Å². The van der Waals surface area contributed by atoms with Gasteiger partial charge in [-0.1, -0.05) is 57.2 Å². The van der Waals surface area contributed by atoms with Crippen molar-refractivity contribution in [1.29, 1.82) is 0 Å². The van der Waals surface area contributed by atoms with Crippen LogP contribution in [0.3, 0.4) is 0 Å². The van der Waals surface area contributed by atoms with E-state index >= 15 is 0 Å². The first kappa shape index (κ1) is 28.8. The van der Waals surface area contributed by atoms with Gasteiger partial charge in [-0.15, -0.1) is 0 Å². The molecule has 0 saturated carbocycles. The van der Waals surface area contributed by atoms with Crippen LogP contribution >= 0.6 is 0 Å². The third-order valence-electron chi connectivity index (χ3n) is 6.00. The summed E-state index contributed by atoms with van der Waals surface area (Å²) in [6.07, 6.45) is -3.19. The lowest BCUT2D eigenvalue weighted by Crippen LogP contribution is -2.26. The molecule has 5 nitrogen and oxygen atoms in total. The van der Waals surface area contributed by atoms with Crippen molar-refractivity contribution in [2.75, 3.05) is 6.54 Å². The van der Waals surface area contributed by atoms with E-state index in [1.807, 2.05) is 24.3 Å². The molecular formula is C30H32F3NO4. The number of rotatable bonds is 10. The fraction of sp³-hybridized carbons (Fsp3) is 0.333. The van der Waals surface area contributed by atoms with E-state index in [4.69, 9.17) is 9.84 Å². The second kappa shape index (κ2) is 12.2. The molecule has 38 heavy (non-hydrogen) atoms. The van der Waals surface area contributed by atoms with Gasteiger partial charge in [-0.25, -0.2) is 0 Å². The van der Waals surface area contributed by atoms with Crippen molar-refractivity contribution in [1.82, 2.24) is 5.32 Å². The molecule has 0 bridgehead atoms. The number of benzene rings is 3. The standard InChI is InChI=1S/C30H32F3NO4/c1-29(2,3)18-16-26(22-4-6-23(7-5-22)28(37)34-19-17-27(35)36)38-25-14-10-21(11-15-25)20-8-12-24(13-9-20)30(31,32)33/h4-15,26H,16-19H2,1-3H3,(H,34,37)(H,35,36). The lowest BCUT2D eigenvalue weighted by atomic mass is 9.88. The van der Waals surface area contributed by atoms with Crippen molar-refractivity contribution in [3.8, 4) is 16.9 Å². The molecule has 1 atom stereocenters. The first-order chi connectivity index (χ1) is 17.8. The minimum atomic E-state index is -4.37. The number of nitrogens with one attached hydrogen (secondary N) is 1. The predicted molar refractivity (Wildman–Crippen MR) is 140 cm³/mol. The molecule has 0 aliphatic carbocycles. The van der Waals surface area contributed by atoms with E-state index in [1.54, 1.807) is 24.3 Å². The number of alkyl halides is 3. The number of ether oxygens (including phenoxy) is 1. The Morgan fingerprint density at radius 1 is 0.868 bits per heavy atom. The summed E-state index contributed by atoms with van der Waals surface area (Å²) in [6, 6.07) is 19.3. The van der Waals surface area contributed by atoms with Gasteiger partial charge in [-0.05, 0) is 71.3 Å². The molecule has 1 unspecified atom stereocenters. The molecule has 0 aliphatic heterocycles. The van der Waals surface area contributed by atoms with Gasteiger partial charge in [-0.3, -0.25) is 9.59 Å². The maximum absolute atomic E-state index is 12.9. The molecule has 0 radical (unpaired) electrons. The lowest BCUT2D eigenvalue weighted by Gasteiger charge is -2.25. The Morgan fingerprint density at radius 3 is 1.92 bits per heavy atom. The first-order valence-electron chi connectivity index (χ1n) is 12.4. The molecule has 3 aromatic rings. The molecule has 0 aliphatic rings. The van der Waals surface area contributed by atoms with E-state index in [0.717, 1.165) is 36.1 Å². The number of carbonyl (C=O) groups is 2. The number of carboxylic acids is 1. The highest BCUT2D eigenvalue weighted by Gasteiger charge is 2.30. The smallest absolute Gasteiger partial charge is 0.416 e. The van der Waals surface area contributed by atoms with Crippen molar-refractivity contribution < 1.29 is 32.6 Å². The van der Waals surface area contributed by atoms with Gasteiger partial charge >= 0.3 is 12.1 Å². The second-order valence-corrected chi connectivity index (χ2v) is 10.3. The van der Waals surface area contributed by atoms with Crippen LogP contribution < -0.4 is 10.1 Å².